The first kappa shape index (κ1) is 25.6. The van der Waals surface area contributed by atoms with Gasteiger partial charge in [0.15, 0.2) is 11.6 Å². The summed E-state index contributed by atoms with van der Waals surface area (Å²) < 4.78 is 64.2. The predicted octanol–water partition coefficient (Wildman–Crippen LogP) is 4.99. The van der Waals surface area contributed by atoms with Crippen molar-refractivity contribution in [1.82, 2.24) is 4.47 Å². The fraction of sp³-hybridized carbons (Fsp3) is 0.269. The van der Waals surface area contributed by atoms with Crippen LogP contribution >= 0.6 is 0 Å². The Morgan fingerprint density at radius 3 is 2.31 bits per heavy atom. The Morgan fingerprint density at radius 1 is 1.00 bits per heavy atom. The highest BCUT2D eigenvalue weighted by molar-refractivity contribution is 7.89. The minimum atomic E-state index is -3.72. The second kappa shape index (κ2) is 10.6. The van der Waals surface area contributed by atoms with Crippen molar-refractivity contribution in [2.45, 2.75) is 38.2 Å². The highest BCUT2D eigenvalue weighted by Gasteiger charge is 2.42. The van der Waals surface area contributed by atoms with Crippen LogP contribution in [0.5, 0.6) is 11.5 Å². The standard InChI is InChI=1S/C26H25F2NO6S/c1-17(30)35-29(36(31,32)22-10-11-22)15-18-4-3-5-19(12-18)16-34-21-8-6-20(7-9-21)23-13-24(27)25(28)14-26(23)33-2/h3-9,12-14,22H,10-11,15-16H2,1-2H3. The fourth-order valence-corrected chi connectivity index (χ4v) is 5.24. The lowest BCUT2D eigenvalue weighted by atomic mass is 10.0. The number of hydrogen-bond donors (Lipinski definition) is 0. The van der Waals surface area contributed by atoms with Crippen LogP contribution in [0.15, 0.2) is 60.7 Å². The molecule has 1 aliphatic rings. The van der Waals surface area contributed by atoms with Crippen LogP contribution in [0.2, 0.25) is 0 Å². The molecule has 7 nitrogen and oxygen atoms in total. The topological polar surface area (TPSA) is 82.1 Å². The molecule has 0 atom stereocenters. The molecule has 0 saturated heterocycles. The molecule has 3 aromatic rings. The normalized spacial score (nSPS) is 13.5. The van der Waals surface area contributed by atoms with E-state index in [9.17, 15) is 22.0 Å². The summed E-state index contributed by atoms with van der Waals surface area (Å²) in [5, 5.41) is -0.516. The average Bonchev–Trinajstić information content (AvgIpc) is 3.70. The third kappa shape index (κ3) is 6.00. The van der Waals surface area contributed by atoms with Crippen LogP contribution in [0, 0.1) is 11.6 Å². The molecular weight excluding hydrogens is 492 g/mol. The smallest absolute Gasteiger partial charge is 0.323 e. The molecular formula is C26H25F2NO6S. The Balaban J connectivity index is 1.43. The van der Waals surface area contributed by atoms with Crippen molar-refractivity contribution >= 4 is 16.0 Å². The average molecular weight is 518 g/mol. The number of ether oxygens (including phenoxy) is 2. The molecule has 1 fully saturated rings. The van der Waals surface area contributed by atoms with E-state index in [1.807, 2.05) is 6.07 Å². The molecule has 10 heteroatoms. The molecule has 190 valence electrons. The second-order valence-corrected chi connectivity index (χ2v) is 10.5. The summed E-state index contributed by atoms with van der Waals surface area (Å²) in [6.07, 6.45) is 1.10. The van der Waals surface area contributed by atoms with Gasteiger partial charge >= 0.3 is 5.97 Å². The number of nitrogens with zero attached hydrogens (tertiary/aromatic N) is 1. The van der Waals surface area contributed by atoms with E-state index in [-0.39, 0.29) is 18.9 Å². The number of rotatable bonds is 10. The zero-order valence-electron chi connectivity index (χ0n) is 19.7. The number of hydroxylamine groups is 1. The van der Waals surface area contributed by atoms with Crippen LogP contribution in [0.4, 0.5) is 8.78 Å². The van der Waals surface area contributed by atoms with Crippen LogP contribution in [-0.4, -0.2) is 31.2 Å². The number of hydrogen-bond acceptors (Lipinski definition) is 6. The van der Waals surface area contributed by atoms with E-state index in [1.54, 1.807) is 42.5 Å². The van der Waals surface area contributed by atoms with Gasteiger partial charge in [0.2, 0.25) is 10.0 Å². The lowest BCUT2D eigenvalue weighted by Crippen LogP contribution is -2.35. The summed E-state index contributed by atoms with van der Waals surface area (Å²) in [5.74, 6) is -1.90. The quantitative estimate of drug-likeness (QED) is 0.353. The fourth-order valence-electron chi connectivity index (χ4n) is 3.64. The Labute approximate surface area is 208 Å². The zero-order valence-corrected chi connectivity index (χ0v) is 20.6. The second-order valence-electron chi connectivity index (χ2n) is 8.39. The molecule has 0 unspecified atom stereocenters. The van der Waals surface area contributed by atoms with Crippen molar-refractivity contribution < 1.29 is 36.3 Å². The summed E-state index contributed by atoms with van der Waals surface area (Å²) in [5.41, 5.74) is 2.46. The highest BCUT2D eigenvalue weighted by atomic mass is 32.2. The molecule has 0 heterocycles. The van der Waals surface area contributed by atoms with E-state index in [0.29, 0.717) is 35.3 Å². The van der Waals surface area contributed by atoms with Gasteiger partial charge in [0.05, 0.1) is 18.9 Å². The van der Waals surface area contributed by atoms with Gasteiger partial charge in [0.25, 0.3) is 0 Å². The van der Waals surface area contributed by atoms with Gasteiger partial charge in [-0.2, -0.15) is 0 Å². The van der Waals surface area contributed by atoms with Crippen molar-refractivity contribution in [3.05, 3.63) is 83.4 Å². The van der Waals surface area contributed by atoms with Gasteiger partial charge in [-0.05, 0) is 52.2 Å². The molecule has 0 N–H and O–H groups in total. The lowest BCUT2D eigenvalue weighted by molar-refractivity contribution is -0.168. The Morgan fingerprint density at radius 2 is 1.67 bits per heavy atom. The van der Waals surface area contributed by atoms with Crippen LogP contribution in [0.1, 0.15) is 30.9 Å². The first-order valence-electron chi connectivity index (χ1n) is 11.2. The van der Waals surface area contributed by atoms with Gasteiger partial charge < -0.3 is 14.3 Å². The number of halogens is 2. The molecule has 0 spiro atoms. The van der Waals surface area contributed by atoms with Crippen molar-refractivity contribution in [1.29, 1.82) is 0 Å². The Kier molecular flexibility index (Phi) is 7.56. The molecule has 1 saturated carbocycles. The van der Waals surface area contributed by atoms with Gasteiger partial charge in [-0.15, -0.1) is 0 Å². The summed E-state index contributed by atoms with van der Waals surface area (Å²) in [6, 6.07) is 16.0. The molecule has 36 heavy (non-hydrogen) atoms. The highest BCUT2D eigenvalue weighted by Crippen LogP contribution is 2.34. The van der Waals surface area contributed by atoms with Crippen molar-refractivity contribution in [3.8, 4) is 22.6 Å². The maximum absolute atomic E-state index is 13.7. The molecule has 0 aromatic heterocycles. The Hall–Kier alpha value is -3.50. The van der Waals surface area contributed by atoms with E-state index >= 15 is 0 Å². The minimum absolute atomic E-state index is 0.100. The van der Waals surface area contributed by atoms with Gasteiger partial charge in [-0.25, -0.2) is 17.2 Å². The predicted molar refractivity (Wildman–Crippen MR) is 128 cm³/mol. The molecule has 0 radical (unpaired) electrons. The third-order valence-corrected chi connectivity index (χ3v) is 7.66. The monoisotopic (exact) mass is 517 g/mol. The number of benzene rings is 3. The first-order chi connectivity index (χ1) is 17.2. The number of carbonyl (C=O) groups excluding carboxylic acids is 1. The number of methoxy groups -OCH3 is 1. The van der Waals surface area contributed by atoms with Crippen molar-refractivity contribution in [2.75, 3.05) is 7.11 Å². The summed E-state index contributed by atoms with van der Waals surface area (Å²) >= 11 is 0. The van der Waals surface area contributed by atoms with Crippen molar-refractivity contribution in [2.24, 2.45) is 0 Å². The van der Waals surface area contributed by atoms with Crippen LogP contribution in [0.3, 0.4) is 0 Å². The molecule has 3 aromatic carbocycles. The molecule has 1 aliphatic carbocycles. The molecule has 0 aliphatic heterocycles. The maximum Gasteiger partial charge on any atom is 0.323 e. The largest absolute Gasteiger partial charge is 0.496 e. The third-order valence-electron chi connectivity index (χ3n) is 5.58. The molecule has 0 amide bonds. The first-order valence-corrected chi connectivity index (χ1v) is 12.7. The number of carbonyl (C=O) groups is 1. The van der Waals surface area contributed by atoms with E-state index in [4.69, 9.17) is 14.3 Å². The van der Waals surface area contributed by atoms with Gasteiger partial charge in [-0.1, -0.05) is 36.4 Å². The zero-order chi connectivity index (χ0) is 25.9. The maximum atomic E-state index is 13.7. The van der Waals surface area contributed by atoms with Gasteiger partial charge in [-0.3, -0.25) is 4.79 Å². The van der Waals surface area contributed by atoms with E-state index in [1.165, 1.54) is 7.11 Å². The van der Waals surface area contributed by atoms with Crippen molar-refractivity contribution in [3.63, 3.8) is 0 Å². The van der Waals surface area contributed by atoms with E-state index in [2.05, 4.69) is 0 Å². The van der Waals surface area contributed by atoms with Gasteiger partial charge in [0, 0.05) is 18.6 Å². The Bertz CT molecular complexity index is 1360. The summed E-state index contributed by atoms with van der Waals surface area (Å²) in [7, 11) is -2.34. The van der Waals surface area contributed by atoms with E-state index in [0.717, 1.165) is 29.1 Å². The molecule has 4 rings (SSSR count). The van der Waals surface area contributed by atoms with Crippen LogP contribution in [0.25, 0.3) is 11.1 Å². The van der Waals surface area contributed by atoms with E-state index < -0.39 is 32.9 Å². The van der Waals surface area contributed by atoms with Gasteiger partial charge in [0.1, 0.15) is 18.1 Å². The van der Waals surface area contributed by atoms with Crippen LogP contribution < -0.4 is 9.47 Å². The summed E-state index contributed by atoms with van der Waals surface area (Å²) in [4.78, 5) is 16.4. The summed E-state index contributed by atoms with van der Waals surface area (Å²) in [6.45, 7) is 1.26. The lowest BCUT2D eigenvalue weighted by Gasteiger charge is -2.20. The number of sulfonamides is 1. The van der Waals surface area contributed by atoms with Crippen LogP contribution in [-0.2, 0) is 32.8 Å². The minimum Gasteiger partial charge on any atom is -0.496 e. The SMILES string of the molecule is COc1cc(F)c(F)cc1-c1ccc(OCc2cccc(CN(OC(C)=O)S(=O)(=O)C3CC3)c2)cc1. The molecule has 0 bridgehead atoms.